The van der Waals surface area contributed by atoms with Crippen molar-refractivity contribution < 1.29 is 13.9 Å². The molecule has 1 unspecified atom stereocenters. The molecule has 0 fully saturated rings. The van der Waals surface area contributed by atoms with Crippen molar-refractivity contribution in [3.05, 3.63) is 58.6 Å². The Morgan fingerprint density at radius 3 is 2.76 bits per heavy atom. The number of amides is 1. The third kappa shape index (κ3) is 3.70. The zero-order valence-electron chi connectivity index (χ0n) is 11.6. The van der Waals surface area contributed by atoms with Gasteiger partial charge in [0.05, 0.1) is 13.2 Å². The number of pyridine rings is 1. The average molecular weight is 309 g/mol. The van der Waals surface area contributed by atoms with E-state index in [1.54, 1.807) is 19.1 Å². The number of carbonyl (C=O) groups is 1. The maximum Gasteiger partial charge on any atom is 0.270 e. The summed E-state index contributed by atoms with van der Waals surface area (Å²) in [6, 6.07) is 7.22. The molecule has 1 atom stereocenters. The summed E-state index contributed by atoms with van der Waals surface area (Å²) in [6.07, 6.45) is 1.45. The Morgan fingerprint density at radius 1 is 1.38 bits per heavy atom. The molecule has 1 aromatic heterocycles. The summed E-state index contributed by atoms with van der Waals surface area (Å²) in [5, 5.41) is 3.17. The Kier molecular flexibility index (Phi) is 4.75. The standard InChI is InChI=1S/C15H14ClFN2O2/c1-9(10-3-4-14(21-2)12(17)7-10)19-15(20)13-8-11(16)5-6-18-13/h3-9H,1-2H3,(H,19,20). The van der Waals surface area contributed by atoms with Gasteiger partial charge in [-0.25, -0.2) is 4.39 Å². The number of rotatable bonds is 4. The van der Waals surface area contributed by atoms with Crippen molar-refractivity contribution in [2.75, 3.05) is 7.11 Å². The summed E-state index contributed by atoms with van der Waals surface area (Å²) in [5.74, 6) is -0.688. The first-order valence-electron chi connectivity index (χ1n) is 6.27. The summed E-state index contributed by atoms with van der Waals surface area (Å²) in [4.78, 5) is 16.0. The Balaban J connectivity index is 2.12. The smallest absolute Gasteiger partial charge is 0.270 e. The molecule has 1 heterocycles. The van der Waals surface area contributed by atoms with Gasteiger partial charge in [-0.15, -0.1) is 0 Å². The largest absolute Gasteiger partial charge is 0.494 e. The van der Waals surface area contributed by atoms with Crippen LogP contribution in [0.4, 0.5) is 4.39 Å². The van der Waals surface area contributed by atoms with Crippen molar-refractivity contribution in [3.8, 4) is 5.75 Å². The van der Waals surface area contributed by atoms with Gasteiger partial charge in [-0.2, -0.15) is 0 Å². The van der Waals surface area contributed by atoms with E-state index >= 15 is 0 Å². The van der Waals surface area contributed by atoms with Crippen molar-refractivity contribution in [2.24, 2.45) is 0 Å². The summed E-state index contributed by atoms with van der Waals surface area (Å²) in [7, 11) is 1.40. The molecular formula is C15H14ClFN2O2. The van der Waals surface area contributed by atoms with Crippen LogP contribution in [0.2, 0.25) is 5.02 Å². The molecule has 0 saturated heterocycles. The number of benzene rings is 1. The van der Waals surface area contributed by atoms with Crippen molar-refractivity contribution in [2.45, 2.75) is 13.0 Å². The van der Waals surface area contributed by atoms with Crippen molar-refractivity contribution >= 4 is 17.5 Å². The van der Waals surface area contributed by atoms with Crippen LogP contribution in [0, 0.1) is 5.82 Å². The van der Waals surface area contributed by atoms with E-state index in [2.05, 4.69) is 10.3 Å². The van der Waals surface area contributed by atoms with Gasteiger partial charge < -0.3 is 10.1 Å². The molecule has 2 rings (SSSR count). The van der Waals surface area contributed by atoms with Gasteiger partial charge in [0, 0.05) is 11.2 Å². The predicted octanol–water partition coefficient (Wildman–Crippen LogP) is 3.37. The first kappa shape index (κ1) is 15.3. The maximum absolute atomic E-state index is 13.7. The fourth-order valence-corrected chi connectivity index (χ4v) is 1.99. The number of nitrogens with one attached hydrogen (secondary N) is 1. The number of hydrogen-bond donors (Lipinski definition) is 1. The second-order valence-corrected chi connectivity index (χ2v) is 4.88. The molecule has 0 aliphatic heterocycles. The number of carbonyl (C=O) groups excluding carboxylic acids is 1. The van der Waals surface area contributed by atoms with Crippen molar-refractivity contribution in [1.29, 1.82) is 0 Å². The van der Waals surface area contributed by atoms with E-state index in [1.165, 1.54) is 31.5 Å². The molecule has 1 N–H and O–H groups in total. The molecule has 4 nitrogen and oxygen atoms in total. The van der Waals surface area contributed by atoms with E-state index in [4.69, 9.17) is 16.3 Å². The lowest BCUT2D eigenvalue weighted by molar-refractivity contribution is 0.0935. The highest BCUT2D eigenvalue weighted by Gasteiger charge is 2.14. The Labute approximate surface area is 126 Å². The molecule has 110 valence electrons. The van der Waals surface area contributed by atoms with Gasteiger partial charge in [0.15, 0.2) is 11.6 Å². The zero-order chi connectivity index (χ0) is 15.4. The third-order valence-electron chi connectivity index (χ3n) is 2.98. The number of aromatic nitrogens is 1. The highest BCUT2D eigenvalue weighted by molar-refractivity contribution is 6.30. The highest BCUT2D eigenvalue weighted by atomic mass is 35.5. The molecule has 0 radical (unpaired) electrons. The molecule has 21 heavy (non-hydrogen) atoms. The zero-order valence-corrected chi connectivity index (χ0v) is 12.3. The van der Waals surface area contributed by atoms with E-state index in [0.29, 0.717) is 10.6 Å². The predicted molar refractivity (Wildman–Crippen MR) is 78.1 cm³/mol. The van der Waals surface area contributed by atoms with E-state index in [-0.39, 0.29) is 23.4 Å². The molecular weight excluding hydrogens is 295 g/mol. The van der Waals surface area contributed by atoms with Crippen molar-refractivity contribution in [1.82, 2.24) is 10.3 Å². The number of ether oxygens (including phenoxy) is 1. The lowest BCUT2D eigenvalue weighted by Gasteiger charge is -2.15. The minimum atomic E-state index is -0.475. The lowest BCUT2D eigenvalue weighted by Crippen LogP contribution is -2.27. The third-order valence-corrected chi connectivity index (χ3v) is 3.21. The Hall–Kier alpha value is -2.14. The SMILES string of the molecule is COc1ccc(C(C)NC(=O)c2cc(Cl)ccn2)cc1F. The van der Waals surface area contributed by atoms with E-state index in [9.17, 15) is 9.18 Å². The monoisotopic (exact) mass is 308 g/mol. The van der Waals surface area contributed by atoms with Crippen LogP contribution < -0.4 is 10.1 Å². The molecule has 0 spiro atoms. The highest BCUT2D eigenvalue weighted by Crippen LogP contribution is 2.22. The Morgan fingerprint density at radius 2 is 2.14 bits per heavy atom. The van der Waals surface area contributed by atoms with Gasteiger partial charge in [0.1, 0.15) is 5.69 Å². The maximum atomic E-state index is 13.7. The number of nitrogens with zero attached hydrogens (tertiary/aromatic N) is 1. The number of methoxy groups -OCH3 is 1. The molecule has 0 bridgehead atoms. The van der Waals surface area contributed by atoms with E-state index in [1.807, 2.05) is 0 Å². The molecule has 2 aromatic rings. The molecule has 1 aromatic carbocycles. The Bertz CT molecular complexity index is 664. The molecule has 1 amide bonds. The minimum absolute atomic E-state index is 0.161. The summed E-state index contributed by atoms with van der Waals surface area (Å²) in [6.45, 7) is 1.75. The fourth-order valence-electron chi connectivity index (χ4n) is 1.83. The first-order valence-corrected chi connectivity index (χ1v) is 6.65. The summed E-state index contributed by atoms with van der Waals surface area (Å²) >= 11 is 5.81. The van der Waals surface area contributed by atoms with E-state index < -0.39 is 5.82 Å². The van der Waals surface area contributed by atoms with Gasteiger partial charge in [-0.3, -0.25) is 9.78 Å². The molecule has 0 aliphatic carbocycles. The van der Waals surface area contributed by atoms with Crippen LogP contribution in [-0.4, -0.2) is 18.0 Å². The minimum Gasteiger partial charge on any atom is -0.494 e. The fraction of sp³-hybridized carbons (Fsp3) is 0.200. The summed E-state index contributed by atoms with van der Waals surface area (Å²) < 4.78 is 18.5. The van der Waals surface area contributed by atoms with Crippen molar-refractivity contribution in [3.63, 3.8) is 0 Å². The summed E-state index contributed by atoms with van der Waals surface area (Å²) in [5.41, 5.74) is 0.840. The topological polar surface area (TPSA) is 51.2 Å². The van der Waals surface area contributed by atoms with Crippen LogP contribution >= 0.6 is 11.6 Å². The van der Waals surface area contributed by atoms with Crippen LogP contribution in [0.3, 0.4) is 0 Å². The molecule has 0 saturated carbocycles. The number of halogens is 2. The molecule has 0 aliphatic rings. The van der Waals surface area contributed by atoms with Crippen LogP contribution in [0.1, 0.15) is 29.0 Å². The lowest BCUT2D eigenvalue weighted by atomic mass is 10.1. The van der Waals surface area contributed by atoms with Crippen LogP contribution in [0.25, 0.3) is 0 Å². The first-order chi connectivity index (χ1) is 10.0. The van der Waals surface area contributed by atoms with Gasteiger partial charge in [-0.05, 0) is 36.8 Å². The normalized spacial score (nSPS) is 11.8. The van der Waals surface area contributed by atoms with Crippen LogP contribution in [-0.2, 0) is 0 Å². The van der Waals surface area contributed by atoms with Crippen LogP contribution in [0.5, 0.6) is 5.75 Å². The number of hydrogen-bond acceptors (Lipinski definition) is 3. The van der Waals surface area contributed by atoms with E-state index in [0.717, 1.165) is 0 Å². The van der Waals surface area contributed by atoms with Crippen LogP contribution in [0.15, 0.2) is 36.5 Å². The quantitative estimate of drug-likeness (QED) is 0.942. The molecule has 6 heteroatoms. The second-order valence-electron chi connectivity index (χ2n) is 4.45. The van der Waals surface area contributed by atoms with Gasteiger partial charge >= 0.3 is 0 Å². The van der Waals surface area contributed by atoms with Gasteiger partial charge in [-0.1, -0.05) is 17.7 Å². The average Bonchev–Trinajstić information content (AvgIpc) is 2.47. The second kappa shape index (κ2) is 6.54. The van der Waals surface area contributed by atoms with Gasteiger partial charge in [0.25, 0.3) is 5.91 Å². The van der Waals surface area contributed by atoms with Gasteiger partial charge in [0.2, 0.25) is 0 Å².